The third kappa shape index (κ3) is 5.48. The Bertz CT molecular complexity index is 1280. The lowest BCUT2D eigenvalue weighted by atomic mass is 9.97. The second kappa shape index (κ2) is 10.9. The van der Waals surface area contributed by atoms with Crippen molar-refractivity contribution < 1.29 is 23.8 Å². The number of methoxy groups -OCH3 is 3. The number of rotatable bonds is 9. The first-order chi connectivity index (χ1) is 16.9. The lowest BCUT2D eigenvalue weighted by Crippen LogP contribution is -2.36. The molecule has 0 aliphatic heterocycles. The maximum absolute atomic E-state index is 13.2. The molecule has 9 nitrogen and oxygen atoms in total. The molecule has 1 amide bonds. The van der Waals surface area contributed by atoms with Crippen molar-refractivity contribution in [2.45, 2.75) is 45.2 Å². The summed E-state index contributed by atoms with van der Waals surface area (Å²) >= 11 is 1.60. The number of aryl methyl sites for hydroxylation is 3. The SMILES string of the molecule is COC(=O)CN(Cc1cc(OC)cc(OC)c1)C(=O)CCn1cnc2sc3c(c2c1=O)CCCC3. The Morgan fingerprint density at radius 1 is 1.09 bits per heavy atom. The Kier molecular flexibility index (Phi) is 7.70. The average Bonchev–Trinajstić information content (AvgIpc) is 3.26. The monoisotopic (exact) mass is 499 g/mol. The minimum Gasteiger partial charge on any atom is -0.497 e. The molecule has 0 atom stereocenters. The number of amides is 1. The van der Waals surface area contributed by atoms with Gasteiger partial charge in [0.05, 0.1) is 33.0 Å². The Morgan fingerprint density at radius 2 is 1.80 bits per heavy atom. The average molecular weight is 500 g/mol. The molecule has 0 unspecified atom stereocenters. The van der Waals surface area contributed by atoms with Gasteiger partial charge in [-0.05, 0) is 48.9 Å². The fourth-order valence-electron chi connectivity index (χ4n) is 4.35. The first kappa shape index (κ1) is 24.7. The molecule has 0 fully saturated rings. The zero-order chi connectivity index (χ0) is 24.9. The molecule has 0 spiro atoms. The molecule has 0 radical (unpaired) electrons. The summed E-state index contributed by atoms with van der Waals surface area (Å²) < 4.78 is 16.9. The second-order valence-electron chi connectivity index (χ2n) is 8.43. The first-order valence-electron chi connectivity index (χ1n) is 11.5. The van der Waals surface area contributed by atoms with Crippen LogP contribution in [-0.2, 0) is 40.3 Å². The molecule has 0 saturated carbocycles. The van der Waals surface area contributed by atoms with Gasteiger partial charge in [0.25, 0.3) is 5.56 Å². The number of ether oxygens (including phenoxy) is 3. The summed E-state index contributed by atoms with van der Waals surface area (Å²) in [5, 5.41) is 0.689. The summed E-state index contributed by atoms with van der Waals surface area (Å²) in [4.78, 5) is 46.3. The van der Waals surface area contributed by atoms with E-state index in [-0.39, 0.29) is 37.5 Å². The molecule has 10 heteroatoms. The molecule has 35 heavy (non-hydrogen) atoms. The molecular formula is C25H29N3O6S. The summed E-state index contributed by atoms with van der Waals surface area (Å²) in [6.07, 6.45) is 5.65. The molecule has 1 aliphatic carbocycles. The topological polar surface area (TPSA) is 100.0 Å². The summed E-state index contributed by atoms with van der Waals surface area (Å²) in [7, 11) is 4.37. The van der Waals surface area contributed by atoms with Gasteiger partial charge in [-0.3, -0.25) is 19.0 Å². The van der Waals surface area contributed by atoms with Crippen molar-refractivity contribution in [1.29, 1.82) is 0 Å². The number of fused-ring (bicyclic) bond motifs is 3. The number of aromatic nitrogens is 2. The van der Waals surface area contributed by atoms with Gasteiger partial charge in [-0.15, -0.1) is 11.3 Å². The van der Waals surface area contributed by atoms with Crippen LogP contribution in [0.1, 0.15) is 35.3 Å². The first-order valence-corrected chi connectivity index (χ1v) is 12.3. The van der Waals surface area contributed by atoms with E-state index in [2.05, 4.69) is 4.98 Å². The van der Waals surface area contributed by atoms with Gasteiger partial charge < -0.3 is 19.1 Å². The van der Waals surface area contributed by atoms with E-state index in [1.807, 2.05) is 0 Å². The smallest absolute Gasteiger partial charge is 0.325 e. The van der Waals surface area contributed by atoms with Crippen molar-refractivity contribution in [3.05, 3.63) is 50.9 Å². The van der Waals surface area contributed by atoms with Crippen LogP contribution in [0.15, 0.2) is 29.3 Å². The van der Waals surface area contributed by atoms with Gasteiger partial charge in [0.15, 0.2) is 0 Å². The van der Waals surface area contributed by atoms with Gasteiger partial charge in [0, 0.05) is 30.5 Å². The largest absolute Gasteiger partial charge is 0.497 e. The van der Waals surface area contributed by atoms with Crippen LogP contribution >= 0.6 is 11.3 Å². The molecule has 186 valence electrons. The lowest BCUT2D eigenvalue weighted by molar-refractivity contribution is -0.147. The van der Waals surface area contributed by atoms with Crippen molar-refractivity contribution in [3.63, 3.8) is 0 Å². The normalized spacial score (nSPS) is 12.8. The standard InChI is InChI=1S/C25H29N3O6S/c1-32-17-10-16(11-18(12-17)33-2)13-28(14-22(30)34-3)21(29)8-9-27-15-26-24-23(25(27)31)19-6-4-5-7-20(19)35-24/h10-12,15H,4-9,13-14H2,1-3H3. The number of hydrogen-bond donors (Lipinski definition) is 0. The maximum atomic E-state index is 13.2. The van der Waals surface area contributed by atoms with Gasteiger partial charge in [0.2, 0.25) is 5.91 Å². The molecule has 1 aliphatic rings. The van der Waals surface area contributed by atoms with Gasteiger partial charge in [-0.2, -0.15) is 0 Å². The highest BCUT2D eigenvalue weighted by Crippen LogP contribution is 2.33. The Hall–Kier alpha value is -3.40. The van der Waals surface area contributed by atoms with Crippen LogP contribution in [0.2, 0.25) is 0 Å². The van der Waals surface area contributed by atoms with E-state index in [1.54, 1.807) is 43.8 Å². The summed E-state index contributed by atoms with van der Waals surface area (Å²) in [6.45, 7) is 0.120. The Labute approximate surface area is 207 Å². The number of carbonyl (C=O) groups excluding carboxylic acids is 2. The van der Waals surface area contributed by atoms with Gasteiger partial charge in [-0.1, -0.05) is 0 Å². The highest BCUT2D eigenvalue weighted by atomic mass is 32.1. The Morgan fingerprint density at radius 3 is 2.49 bits per heavy atom. The molecule has 2 aromatic heterocycles. The second-order valence-corrected chi connectivity index (χ2v) is 9.51. The summed E-state index contributed by atoms with van der Waals surface area (Å²) in [5.74, 6) is 0.347. The van der Waals surface area contributed by atoms with Gasteiger partial charge in [0.1, 0.15) is 22.9 Å². The number of hydrogen-bond acceptors (Lipinski definition) is 8. The number of carbonyl (C=O) groups is 2. The molecule has 4 rings (SSSR count). The fourth-order valence-corrected chi connectivity index (χ4v) is 5.56. The van der Waals surface area contributed by atoms with Crippen LogP contribution in [0.25, 0.3) is 10.2 Å². The predicted octanol–water partition coefficient (Wildman–Crippen LogP) is 2.95. The highest BCUT2D eigenvalue weighted by molar-refractivity contribution is 7.18. The lowest BCUT2D eigenvalue weighted by Gasteiger charge is -2.22. The van der Waals surface area contributed by atoms with Crippen molar-refractivity contribution >= 4 is 33.4 Å². The van der Waals surface area contributed by atoms with Crippen LogP contribution in [0.5, 0.6) is 11.5 Å². The van der Waals surface area contributed by atoms with Crippen LogP contribution in [0.4, 0.5) is 0 Å². The van der Waals surface area contributed by atoms with Crippen LogP contribution in [0.3, 0.4) is 0 Å². The molecule has 0 saturated heterocycles. The minimum atomic E-state index is -0.529. The molecule has 3 aromatic rings. The number of benzene rings is 1. The highest BCUT2D eigenvalue weighted by Gasteiger charge is 2.22. The van der Waals surface area contributed by atoms with Crippen molar-refractivity contribution in [2.24, 2.45) is 0 Å². The zero-order valence-corrected chi connectivity index (χ0v) is 21.0. The van der Waals surface area contributed by atoms with E-state index in [0.717, 1.165) is 41.6 Å². The zero-order valence-electron chi connectivity index (χ0n) is 20.2. The molecular weight excluding hydrogens is 470 g/mol. The van der Waals surface area contributed by atoms with E-state index >= 15 is 0 Å². The maximum Gasteiger partial charge on any atom is 0.325 e. The molecule has 1 aromatic carbocycles. The third-order valence-corrected chi connectivity index (χ3v) is 7.39. The molecule has 0 bridgehead atoms. The van der Waals surface area contributed by atoms with Crippen molar-refractivity contribution in [3.8, 4) is 11.5 Å². The summed E-state index contributed by atoms with van der Waals surface area (Å²) in [6, 6.07) is 5.29. The number of thiophene rings is 1. The number of esters is 1. The van der Waals surface area contributed by atoms with Crippen LogP contribution in [-0.4, -0.2) is 54.2 Å². The number of nitrogens with zero attached hydrogens (tertiary/aromatic N) is 3. The van der Waals surface area contributed by atoms with Gasteiger partial charge in [-0.25, -0.2) is 4.98 Å². The van der Waals surface area contributed by atoms with Crippen molar-refractivity contribution in [1.82, 2.24) is 14.5 Å². The van der Waals surface area contributed by atoms with Gasteiger partial charge >= 0.3 is 5.97 Å². The van der Waals surface area contributed by atoms with Crippen LogP contribution < -0.4 is 15.0 Å². The minimum absolute atomic E-state index is 0.0392. The third-order valence-electron chi connectivity index (χ3n) is 6.19. The van der Waals surface area contributed by atoms with E-state index < -0.39 is 5.97 Å². The van der Waals surface area contributed by atoms with E-state index in [4.69, 9.17) is 14.2 Å². The Balaban J connectivity index is 1.53. The summed E-state index contributed by atoms with van der Waals surface area (Å²) in [5.41, 5.74) is 1.75. The predicted molar refractivity (Wildman–Crippen MR) is 132 cm³/mol. The van der Waals surface area contributed by atoms with E-state index in [0.29, 0.717) is 16.9 Å². The van der Waals surface area contributed by atoms with Crippen molar-refractivity contribution in [2.75, 3.05) is 27.9 Å². The molecule has 2 heterocycles. The quantitative estimate of drug-likeness (QED) is 0.417. The fraction of sp³-hybridized carbons (Fsp3) is 0.440. The van der Waals surface area contributed by atoms with E-state index in [1.165, 1.54) is 27.8 Å². The van der Waals surface area contributed by atoms with E-state index in [9.17, 15) is 14.4 Å². The molecule has 0 N–H and O–H groups in total. The van der Waals surface area contributed by atoms with Crippen LogP contribution in [0, 0.1) is 0 Å².